The molecule has 6 nitrogen and oxygen atoms in total. The molecule has 0 aliphatic carbocycles. The Bertz CT molecular complexity index is 750. The first-order valence-corrected chi connectivity index (χ1v) is 8.88. The molecule has 124 valence electrons. The molecule has 24 heavy (non-hydrogen) atoms. The average molecular weight is 408 g/mol. The van der Waals surface area contributed by atoms with Gasteiger partial charge in [0.25, 0.3) is 5.69 Å². The van der Waals surface area contributed by atoms with Crippen LogP contribution in [0.5, 0.6) is 0 Å². The number of carbonyl (C=O) groups is 1. The number of hydrogen-bond acceptors (Lipinski definition) is 5. The standard InChI is InChI=1S/C16H14BrN3O3S/c17-15-4-2-1-3-13(15)10-24-11-16(21)19-18-9-12-5-7-14(8-6-12)20(22)23/h1-9H,10-11H2,(H,19,21)/b18-9+. The summed E-state index contributed by atoms with van der Waals surface area (Å²) >= 11 is 4.95. The summed E-state index contributed by atoms with van der Waals surface area (Å²) in [5.74, 6) is 0.810. The van der Waals surface area contributed by atoms with Crippen LogP contribution in [-0.2, 0) is 10.5 Å². The highest BCUT2D eigenvalue weighted by molar-refractivity contribution is 9.10. The molecule has 0 fully saturated rings. The third kappa shape index (κ3) is 5.78. The summed E-state index contributed by atoms with van der Waals surface area (Å²) in [5.41, 5.74) is 4.24. The van der Waals surface area contributed by atoms with Crippen molar-refractivity contribution in [2.75, 3.05) is 5.75 Å². The fraction of sp³-hybridized carbons (Fsp3) is 0.125. The van der Waals surface area contributed by atoms with Crippen molar-refractivity contribution in [1.29, 1.82) is 0 Å². The van der Waals surface area contributed by atoms with Gasteiger partial charge >= 0.3 is 0 Å². The molecule has 8 heteroatoms. The normalized spacial score (nSPS) is 10.7. The molecule has 0 aliphatic rings. The number of nitro groups is 1. The number of hydrazone groups is 1. The Morgan fingerprint density at radius 1 is 1.25 bits per heavy atom. The molecule has 2 aromatic carbocycles. The number of nitrogens with one attached hydrogen (secondary N) is 1. The first-order chi connectivity index (χ1) is 11.6. The minimum Gasteiger partial charge on any atom is -0.272 e. The van der Waals surface area contributed by atoms with Gasteiger partial charge in [0.2, 0.25) is 5.91 Å². The largest absolute Gasteiger partial charge is 0.272 e. The summed E-state index contributed by atoms with van der Waals surface area (Å²) in [5, 5.41) is 14.4. The van der Waals surface area contributed by atoms with Gasteiger partial charge in [0, 0.05) is 22.4 Å². The van der Waals surface area contributed by atoms with E-state index >= 15 is 0 Å². The van der Waals surface area contributed by atoms with E-state index < -0.39 is 4.92 Å². The first-order valence-electron chi connectivity index (χ1n) is 6.94. The van der Waals surface area contributed by atoms with Gasteiger partial charge in [0.1, 0.15) is 0 Å². The van der Waals surface area contributed by atoms with Crippen molar-refractivity contribution in [2.45, 2.75) is 5.75 Å². The molecule has 0 radical (unpaired) electrons. The molecule has 0 saturated heterocycles. The maximum atomic E-state index is 11.7. The lowest BCUT2D eigenvalue weighted by Crippen LogP contribution is -2.19. The van der Waals surface area contributed by atoms with Crippen LogP contribution in [0, 0.1) is 10.1 Å². The monoisotopic (exact) mass is 407 g/mol. The van der Waals surface area contributed by atoms with Gasteiger partial charge in [0.05, 0.1) is 16.9 Å². The van der Waals surface area contributed by atoms with Crippen LogP contribution in [0.25, 0.3) is 0 Å². The maximum Gasteiger partial charge on any atom is 0.269 e. The number of amides is 1. The summed E-state index contributed by atoms with van der Waals surface area (Å²) < 4.78 is 1.02. The molecule has 0 aliphatic heterocycles. The van der Waals surface area contributed by atoms with Gasteiger partial charge in [0.15, 0.2) is 0 Å². The van der Waals surface area contributed by atoms with Crippen LogP contribution in [0.4, 0.5) is 5.69 Å². The highest BCUT2D eigenvalue weighted by Gasteiger charge is 2.04. The predicted molar refractivity (Wildman–Crippen MR) is 99.1 cm³/mol. The van der Waals surface area contributed by atoms with Gasteiger partial charge in [-0.25, -0.2) is 5.43 Å². The van der Waals surface area contributed by atoms with E-state index in [-0.39, 0.29) is 11.6 Å². The zero-order chi connectivity index (χ0) is 17.4. The van der Waals surface area contributed by atoms with E-state index in [4.69, 9.17) is 0 Å². The Balaban J connectivity index is 1.74. The zero-order valence-corrected chi connectivity index (χ0v) is 14.9. The smallest absolute Gasteiger partial charge is 0.269 e. The maximum absolute atomic E-state index is 11.7. The molecule has 0 saturated carbocycles. The first kappa shape index (κ1) is 18.2. The molecule has 0 atom stereocenters. The molecule has 0 spiro atoms. The molecule has 2 aromatic rings. The quantitative estimate of drug-likeness (QED) is 0.430. The molecular formula is C16H14BrN3O3S. The molecule has 1 N–H and O–H groups in total. The lowest BCUT2D eigenvalue weighted by Gasteiger charge is -2.03. The summed E-state index contributed by atoms with van der Waals surface area (Å²) in [4.78, 5) is 21.8. The van der Waals surface area contributed by atoms with Gasteiger partial charge in [-0.2, -0.15) is 5.10 Å². The van der Waals surface area contributed by atoms with E-state index in [1.165, 1.54) is 30.1 Å². The van der Waals surface area contributed by atoms with Crippen molar-refractivity contribution < 1.29 is 9.72 Å². The summed E-state index contributed by atoms with van der Waals surface area (Å²) in [6.07, 6.45) is 1.44. The number of carbonyl (C=O) groups excluding carboxylic acids is 1. The van der Waals surface area contributed by atoms with Gasteiger partial charge in [-0.1, -0.05) is 34.1 Å². The van der Waals surface area contributed by atoms with E-state index in [0.29, 0.717) is 11.3 Å². The lowest BCUT2D eigenvalue weighted by atomic mass is 10.2. The fourth-order valence-corrected chi connectivity index (χ4v) is 3.20. The number of hydrogen-bond donors (Lipinski definition) is 1. The lowest BCUT2D eigenvalue weighted by molar-refractivity contribution is -0.384. The van der Waals surface area contributed by atoms with Crippen LogP contribution in [0.1, 0.15) is 11.1 Å². The van der Waals surface area contributed by atoms with Crippen molar-refractivity contribution in [3.8, 4) is 0 Å². The second kappa shape index (κ2) is 9.19. The summed E-state index contributed by atoms with van der Waals surface area (Å²) in [6, 6.07) is 13.8. The average Bonchev–Trinajstić information content (AvgIpc) is 2.57. The van der Waals surface area contributed by atoms with Crippen LogP contribution in [0.15, 0.2) is 58.1 Å². The van der Waals surface area contributed by atoms with E-state index in [2.05, 4.69) is 26.5 Å². The number of nitrogens with zero attached hydrogens (tertiary/aromatic N) is 2. The molecule has 1 amide bonds. The Hall–Kier alpha value is -2.19. The minimum absolute atomic E-state index is 0.0136. The van der Waals surface area contributed by atoms with Gasteiger partial charge in [-0.15, -0.1) is 11.8 Å². The molecule has 0 heterocycles. The van der Waals surface area contributed by atoms with Gasteiger partial charge < -0.3 is 0 Å². The SMILES string of the molecule is O=C(CSCc1ccccc1Br)N/N=C/c1ccc([N+](=O)[O-])cc1. The van der Waals surface area contributed by atoms with Crippen molar-refractivity contribution in [3.05, 3.63) is 74.2 Å². The number of benzene rings is 2. The Labute approximate surface area is 151 Å². The van der Waals surface area contributed by atoms with Crippen LogP contribution < -0.4 is 5.43 Å². The van der Waals surface area contributed by atoms with E-state index in [1.807, 2.05) is 24.3 Å². The van der Waals surface area contributed by atoms with Crippen LogP contribution >= 0.6 is 27.7 Å². The van der Waals surface area contributed by atoms with Crippen LogP contribution in [0.2, 0.25) is 0 Å². The number of halogens is 1. The van der Waals surface area contributed by atoms with E-state index in [0.717, 1.165) is 15.8 Å². The Morgan fingerprint density at radius 2 is 1.96 bits per heavy atom. The number of non-ortho nitro benzene ring substituents is 1. The summed E-state index contributed by atoms with van der Waals surface area (Å²) in [6.45, 7) is 0. The second-order valence-corrected chi connectivity index (χ2v) is 6.57. The number of rotatable bonds is 7. The van der Waals surface area contributed by atoms with Crippen LogP contribution in [0.3, 0.4) is 0 Å². The van der Waals surface area contributed by atoms with Gasteiger partial charge in [-0.05, 0) is 29.3 Å². The predicted octanol–water partition coefficient (Wildman–Crippen LogP) is 3.74. The third-order valence-electron chi connectivity index (χ3n) is 2.96. The minimum atomic E-state index is -0.467. The number of nitro benzene ring substituents is 1. The molecule has 0 aromatic heterocycles. The number of thioether (sulfide) groups is 1. The fourth-order valence-electron chi connectivity index (χ4n) is 1.76. The molecule has 0 unspecified atom stereocenters. The Kier molecular flexibility index (Phi) is 6.95. The van der Waals surface area contributed by atoms with Crippen molar-refractivity contribution in [1.82, 2.24) is 5.43 Å². The van der Waals surface area contributed by atoms with Crippen molar-refractivity contribution in [2.24, 2.45) is 5.10 Å². The second-order valence-electron chi connectivity index (χ2n) is 4.73. The van der Waals surface area contributed by atoms with Gasteiger partial charge in [-0.3, -0.25) is 14.9 Å². The molecule has 0 bridgehead atoms. The Morgan fingerprint density at radius 3 is 2.62 bits per heavy atom. The zero-order valence-electron chi connectivity index (χ0n) is 12.5. The third-order valence-corrected chi connectivity index (χ3v) is 4.71. The highest BCUT2D eigenvalue weighted by Crippen LogP contribution is 2.21. The van der Waals surface area contributed by atoms with E-state index in [9.17, 15) is 14.9 Å². The van der Waals surface area contributed by atoms with Crippen LogP contribution in [-0.4, -0.2) is 22.8 Å². The highest BCUT2D eigenvalue weighted by atomic mass is 79.9. The molecule has 2 rings (SSSR count). The van der Waals surface area contributed by atoms with E-state index in [1.54, 1.807) is 12.1 Å². The van der Waals surface area contributed by atoms with Crippen molar-refractivity contribution >= 4 is 45.5 Å². The summed E-state index contributed by atoms with van der Waals surface area (Å²) in [7, 11) is 0. The van der Waals surface area contributed by atoms with Crippen molar-refractivity contribution in [3.63, 3.8) is 0 Å². The topological polar surface area (TPSA) is 84.6 Å². The molecular weight excluding hydrogens is 394 g/mol.